The van der Waals surface area contributed by atoms with Crippen molar-refractivity contribution in [3.63, 3.8) is 0 Å². The molecular formula is C10H11FN2. The monoisotopic (exact) mass is 178 g/mol. The van der Waals surface area contributed by atoms with Crippen molar-refractivity contribution in [2.75, 3.05) is 18.0 Å². The highest BCUT2D eigenvalue weighted by Crippen LogP contribution is 2.18. The molecule has 0 radical (unpaired) electrons. The maximum Gasteiger partial charge on any atom is 0.115 e. The second-order valence-corrected chi connectivity index (χ2v) is 3.07. The summed E-state index contributed by atoms with van der Waals surface area (Å²) in [6, 6.07) is 3.80. The normalized spacial score (nSPS) is 17.0. The predicted molar refractivity (Wildman–Crippen MR) is 50.3 cm³/mol. The number of aromatic nitrogens is 1. The molecule has 2 heterocycles. The lowest BCUT2D eigenvalue weighted by Gasteiger charge is -2.26. The van der Waals surface area contributed by atoms with Gasteiger partial charge in [-0.3, -0.25) is 4.98 Å². The fraction of sp³-hybridized carbons (Fsp3) is 0.300. The van der Waals surface area contributed by atoms with E-state index in [1.54, 1.807) is 18.5 Å². The fourth-order valence-corrected chi connectivity index (χ4v) is 1.48. The molecule has 0 aliphatic carbocycles. The Morgan fingerprint density at radius 2 is 2.08 bits per heavy atom. The third-order valence-corrected chi connectivity index (χ3v) is 2.13. The van der Waals surface area contributed by atoms with Crippen LogP contribution in [0.2, 0.25) is 0 Å². The summed E-state index contributed by atoms with van der Waals surface area (Å²) in [5, 5.41) is 0. The maximum atomic E-state index is 12.9. The topological polar surface area (TPSA) is 16.1 Å². The quantitative estimate of drug-likeness (QED) is 0.655. The van der Waals surface area contributed by atoms with Gasteiger partial charge in [-0.25, -0.2) is 4.39 Å². The van der Waals surface area contributed by atoms with Gasteiger partial charge in [-0.2, -0.15) is 0 Å². The van der Waals surface area contributed by atoms with E-state index in [2.05, 4.69) is 4.98 Å². The van der Waals surface area contributed by atoms with E-state index >= 15 is 0 Å². The van der Waals surface area contributed by atoms with Crippen LogP contribution in [0.25, 0.3) is 0 Å². The summed E-state index contributed by atoms with van der Waals surface area (Å²) >= 11 is 0. The van der Waals surface area contributed by atoms with Crippen LogP contribution in [0.4, 0.5) is 10.1 Å². The molecule has 3 heteroatoms. The molecule has 2 nitrogen and oxygen atoms in total. The number of rotatable bonds is 1. The number of nitrogens with zero attached hydrogens (tertiary/aromatic N) is 2. The highest BCUT2D eigenvalue weighted by molar-refractivity contribution is 5.46. The van der Waals surface area contributed by atoms with E-state index in [1.165, 1.54) is 0 Å². The van der Waals surface area contributed by atoms with Gasteiger partial charge in [-0.05, 0) is 24.6 Å². The lowest BCUT2D eigenvalue weighted by Crippen LogP contribution is -2.28. The average molecular weight is 178 g/mol. The lowest BCUT2D eigenvalue weighted by atomic mass is 10.2. The van der Waals surface area contributed by atoms with Crippen molar-refractivity contribution in [1.29, 1.82) is 0 Å². The maximum absolute atomic E-state index is 12.9. The van der Waals surface area contributed by atoms with Crippen LogP contribution in [0.5, 0.6) is 0 Å². The molecule has 0 unspecified atom stereocenters. The van der Waals surface area contributed by atoms with Gasteiger partial charge in [0.2, 0.25) is 0 Å². The summed E-state index contributed by atoms with van der Waals surface area (Å²) in [5.74, 6) is -0.0388. The molecule has 1 aliphatic heterocycles. The predicted octanol–water partition coefficient (Wildman–Crippen LogP) is 2.15. The molecule has 2 rings (SSSR count). The van der Waals surface area contributed by atoms with Crippen molar-refractivity contribution in [3.05, 3.63) is 36.4 Å². The average Bonchev–Trinajstić information content (AvgIpc) is 2.19. The van der Waals surface area contributed by atoms with Gasteiger partial charge in [-0.15, -0.1) is 0 Å². The van der Waals surface area contributed by atoms with Gasteiger partial charge >= 0.3 is 0 Å². The van der Waals surface area contributed by atoms with Crippen LogP contribution in [0.1, 0.15) is 6.42 Å². The molecule has 0 N–H and O–H groups in total. The number of hydrogen-bond acceptors (Lipinski definition) is 2. The van der Waals surface area contributed by atoms with Crippen LogP contribution in [0, 0.1) is 0 Å². The van der Waals surface area contributed by atoms with Crippen LogP contribution in [-0.4, -0.2) is 18.1 Å². The Morgan fingerprint density at radius 3 is 2.77 bits per heavy atom. The summed E-state index contributed by atoms with van der Waals surface area (Å²) in [6.07, 6.45) is 5.89. The Labute approximate surface area is 76.7 Å². The van der Waals surface area contributed by atoms with E-state index in [4.69, 9.17) is 0 Å². The van der Waals surface area contributed by atoms with Crippen LogP contribution in [0.15, 0.2) is 36.4 Å². The highest BCUT2D eigenvalue weighted by Gasteiger charge is 2.11. The molecular weight excluding hydrogens is 167 g/mol. The number of anilines is 1. The van der Waals surface area contributed by atoms with Gasteiger partial charge in [-0.1, -0.05) is 0 Å². The second-order valence-electron chi connectivity index (χ2n) is 3.07. The first kappa shape index (κ1) is 8.23. The molecule has 0 bridgehead atoms. The zero-order valence-corrected chi connectivity index (χ0v) is 7.28. The van der Waals surface area contributed by atoms with E-state index in [9.17, 15) is 4.39 Å². The van der Waals surface area contributed by atoms with E-state index in [0.717, 1.165) is 18.7 Å². The third kappa shape index (κ3) is 1.86. The first-order valence-corrected chi connectivity index (χ1v) is 4.36. The molecule has 1 aliphatic rings. The van der Waals surface area contributed by atoms with Gasteiger partial charge in [0.15, 0.2) is 0 Å². The largest absolute Gasteiger partial charge is 0.364 e. The number of pyridine rings is 1. The zero-order chi connectivity index (χ0) is 9.10. The Balaban J connectivity index is 2.15. The molecule has 0 saturated carbocycles. The molecule has 0 aromatic carbocycles. The SMILES string of the molecule is FC1=CCCN(c2ccncc2)C1. The fourth-order valence-electron chi connectivity index (χ4n) is 1.48. The van der Waals surface area contributed by atoms with Crippen LogP contribution >= 0.6 is 0 Å². The molecule has 0 fully saturated rings. The summed E-state index contributed by atoms with van der Waals surface area (Å²) in [5.41, 5.74) is 1.04. The van der Waals surface area contributed by atoms with Crippen LogP contribution in [-0.2, 0) is 0 Å². The summed E-state index contributed by atoms with van der Waals surface area (Å²) in [6.45, 7) is 1.28. The van der Waals surface area contributed by atoms with E-state index in [-0.39, 0.29) is 5.83 Å². The van der Waals surface area contributed by atoms with Crippen molar-refractivity contribution in [3.8, 4) is 0 Å². The first-order chi connectivity index (χ1) is 6.36. The van der Waals surface area contributed by atoms with Crippen LogP contribution < -0.4 is 4.90 Å². The molecule has 0 saturated heterocycles. The first-order valence-electron chi connectivity index (χ1n) is 4.36. The standard InChI is InChI=1S/C10H11FN2/c11-9-2-1-7-13(8-9)10-3-5-12-6-4-10/h2-6H,1,7-8H2. The van der Waals surface area contributed by atoms with Gasteiger partial charge in [0.05, 0.1) is 6.54 Å². The second kappa shape index (κ2) is 3.56. The molecule has 68 valence electrons. The molecule has 1 aromatic heterocycles. The molecule has 0 amide bonds. The van der Waals surface area contributed by atoms with Crippen molar-refractivity contribution < 1.29 is 4.39 Å². The molecule has 0 spiro atoms. The Bertz CT molecular complexity index is 308. The molecule has 0 atom stereocenters. The van der Waals surface area contributed by atoms with Crippen LogP contribution in [0.3, 0.4) is 0 Å². The smallest absolute Gasteiger partial charge is 0.115 e. The van der Waals surface area contributed by atoms with Crippen molar-refractivity contribution in [2.24, 2.45) is 0 Å². The zero-order valence-electron chi connectivity index (χ0n) is 7.28. The molecule has 1 aromatic rings. The highest BCUT2D eigenvalue weighted by atomic mass is 19.1. The van der Waals surface area contributed by atoms with E-state index in [0.29, 0.717) is 6.54 Å². The lowest BCUT2D eigenvalue weighted by molar-refractivity contribution is 0.575. The third-order valence-electron chi connectivity index (χ3n) is 2.13. The number of halogens is 1. The van der Waals surface area contributed by atoms with E-state index in [1.807, 2.05) is 17.0 Å². The Kier molecular flexibility index (Phi) is 2.25. The summed E-state index contributed by atoms with van der Waals surface area (Å²) < 4.78 is 12.9. The Hall–Kier alpha value is -1.38. The van der Waals surface area contributed by atoms with Gasteiger partial charge < -0.3 is 4.90 Å². The van der Waals surface area contributed by atoms with Crippen molar-refractivity contribution in [1.82, 2.24) is 4.98 Å². The van der Waals surface area contributed by atoms with Crippen molar-refractivity contribution >= 4 is 5.69 Å². The number of hydrogen-bond donors (Lipinski definition) is 0. The van der Waals surface area contributed by atoms with Gasteiger partial charge in [0, 0.05) is 24.6 Å². The van der Waals surface area contributed by atoms with Gasteiger partial charge in [0.1, 0.15) is 5.83 Å². The van der Waals surface area contributed by atoms with Gasteiger partial charge in [0.25, 0.3) is 0 Å². The molecule has 13 heavy (non-hydrogen) atoms. The summed E-state index contributed by atoms with van der Waals surface area (Å²) in [4.78, 5) is 5.94. The minimum atomic E-state index is -0.0388. The van der Waals surface area contributed by atoms with E-state index < -0.39 is 0 Å². The van der Waals surface area contributed by atoms with Crippen molar-refractivity contribution in [2.45, 2.75) is 6.42 Å². The minimum Gasteiger partial charge on any atom is -0.364 e. The minimum absolute atomic E-state index is 0.0388. The summed E-state index contributed by atoms with van der Waals surface area (Å²) in [7, 11) is 0. The Morgan fingerprint density at radius 1 is 1.31 bits per heavy atom.